The van der Waals surface area contributed by atoms with E-state index in [-0.39, 0.29) is 16.7 Å². The number of carbonyl (C=O) groups is 1. The summed E-state index contributed by atoms with van der Waals surface area (Å²) >= 11 is 0. The fourth-order valence-corrected chi connectivity index (χ4v) is 6.11. The standard InChI is InChI=1S/C22H28N2O2/c23-21(26)16-8-7-15-12-18-17-6-1-2-9-22(17,19(15)20(16)25)10-11-24(18)13-14-4-3-5-14/h7-8,10-11,14,17-18,25H,1-6,9,12-13H2,(H2,23,26)/t17-,18+,22+/m0/s1. The van der Waals surface area contributed by atoms with Crippen molar-refractivity contribution in [2.24, 2.45) is 17.6 Å². The van der Waals surface area contributed by atoms with Gasteiger partial charge in [0.15, 0.2) is 0 Å². The van der Waals surface area contributed by atoms with Crippen molar-refractivity contribution in [3.63, 3.8) is 0 Å². The first-order chi connectivity index (χ1) is 12.6. The predicted octanol–water partition coefficient (Wildman–Crippen LogP) is 3.47. The van der Waals surface area contributed by atoms with E-state index in [9.17, 15) is 9.90 Å². The van der Waals surface area contributed by atoms with E-state index in [2.05, 4.69) is 17.2 Å². The van der Waals surface area contributed by atoms with Gasteiger partial charge < -0.3 is 15.7 Å². The number of carbonyl (C=O) groups excluding carboxylic acids is 1. The van der Waals surface area contributed by atoms with Crippen LogP contribution in [0, 0.1) is 11.8 Å². The molecule has 26 heavy (non-hydrogen) atoms. The Labute approximate surface area is 155 Å². The smallest absolute Gasteiger partial charge is 0.252 e. The topological polar surface area (TPSA) is 66.6 Å². The molecule has 0 saturated heterocycles. The number of nitrogens with zero attached hydrogens (tertiary/aromatic N) is 1. The zero-order valence-corrected chi connectivity index (χ0v) is 15.3. The first kappa shape index (κ1) is 16.2. The molecule has 0 unspecified atom stereocenters. The minimum atomic E-state index is -0.539. The lowest BCUT2D eigenvalue weighted by molar-refractivity contribution is 0.0565. The summed E-state index contributed by atoms with van der Waals surface area (Å²) in [5.74, 6) is 0.977. The van der Waals surface area contributed by atoms with Gasteiger partial charge in [-0.05, 0) is 61.8 Å². The van der Waals surface area contributed by atoms with Crippen LogP contribution in [0.1, 0.15) is 66.4 Å². The molecule has 0 radical (unpaired) electrons. The van der Waals surface area contributed by atoms with E-state index in [1.54, 1.807) is 6.07 Å². The normalized spacial score (nSPS) is 32.5. The summed E-state index contributed by atoms with van der Waals surface area (Å²) in [4.78, 5) is 14.4. The molecule has 138 valence electrons. The molecule has 1 aromatic rings. The van der Waals surface area contributed by atoms with Gasteiger partial charge in [0.05, 0.1) is 5.56 Å². The number of rotatable bonds is 3. The van der Waals surface area contributed by atoms with Crippen molar-refractivity contribution in [1.29, 1.82) is 0 Å². The number of hydrogen-bond acceptors (Lipinski definition) is 3. The Hall–Kier alpha value is -1.97. The second-order valence-corrected chi connectivity index (χ2v) is 8.83. The van der Waals surface area contributed by atoms with Crippen LogP contribution >= 0.6 is 0 Å². The van der Waals surface area contributed by atoms with Crippen molar-refractivity contribution >= 4 is 5.91 Å². The number of phenols is 1. The molecule has 2 bridgehead atoms. The van der Waals surface area contributed by atoms with E-state index in [1.165, 1.54) is 50.6 Å². The first-order valence-corrected chi connectivity index (χ1v) is 10.2. The van der Waals surface area contributed by atoms with Crippen molar-refractivity contribution in [3.05, 3.63) is 41.1 Å². The number of primary amides is 1. The van der Waals surface area contributed by atoms with Gasteiger partial charge in [-0.3, -0.25) is 4.79 Å². The molecule has 3 atom stereocenters. The molecule has 5 rings (SSSR count). The fourth-order valence-electron chi connectivity index (χ4n) is 6.11. The molecule has 1 amide bonds. The summed E-state index contributed by atoms with van der Waals surface area (Å²) in [7, 11) is 0. The molecule has 1 heterocycles. The Balaban J connectivity index is 1.62. The summed E-state index contributed by atoms with van der Waals surface area (Å²) in [5, 5.41) is 11.0. The molecule has 1 aromatic carbocycles. The van der Waals surface area contributed by atoms with Crippen molar-refractivity contribution in [3.8, 4) is 5.75 Å². The minimum Gasteiger partial charge on any atom is -0.507 e. The molecule has 4 aliphatic rings. The molecule has 2 saturated carbocycles. The van der Waals surface area contributed by atoms with Crippen LogP contribution in [0.15, 0.2) is 24.4 Å². The maximum absolute atomic E-state index is 11.8. The Morgan fingerprint density at radius 2 is 2.08 bits per heavy atom. The summed E-state index contributed by atoms with van der Waals surface area (Å²) in [5.41, 5.74) is 7.86. The van der Waals surface area contributed by atoms with E-state index in [1.807, 2.05) is 6.07 Å². The SMILES string of the molecule is NC(=O)c1ccc2c(c1O)[C@]13C=CN(CC4CCC4)[C@H](C2)[C@@H]1CCCC3. The van der Waals surface area contributed by atoms with Gasteiger partial charge in [0.2, 0.25) is 0 Å². The molecule has 3 N–H and O–H groups in total. The Bertz CT molecular complexity index is 783. The third kappa shape index (κ3) is 2.17. The van der Waals surface area contributed by atoms with Crippen molar-refractivity contribution in [1.82, 2.24) is 4.90 Å². The highest BCUT2D eigenvalue weighted by atomic mass is 16.3. The largest absolute Gasteiger partial charge is 0.507 e. The van der Waals surface area contributed by atoms with Gasteiger partial charge in [-0.25, -0.2) is 0 Å². The Morgan fingerprint density at radius 1 is 1.23 bits per heavy atom. The second-order valence-electron chi connectivity index (χ2n) is 8.83. The van der Waals surface area contributed by atoms with Crippen LogP contribution in [0.25, 0.3) is 0 Å². The molecule has 1 aliphatic heterocycles. The summed E-state index contributed by atoms with van der Waals surface area (Å²) in [6, 6.07) is 4.27. The van der Waals surface area contributed by atoms with E-state index >= 15 is 0 Å². The van der Waals surface area contributed by atoms with Gasteiger partial charge in [0, 0.05) is 23.6 Å². The molecular weight excluding hydrogens is 324 g/mol. The van der Waals surface area contributed by atoms with Crippen LogP contribution in [-0.4, -0.2) is 28.5 Å². The molecule has 4 heteroatoms. The van der Waals surface area contributed by atoms with E-state index < -0.39 is 5.91 Å². The molecule has 4 nitrogen and oxygen atoms in total. The van der Waals surface area contributed by atoms with Crippen LogP contribution in [0.4, 0.5) is 0 Å². The monoisotopic (exact) mass is 352 g/mol. The number of fused-ring (bicyclic) bond motifs is 1. The van der Waals surface area contributed by atoms with E-state index in [0.29, 0.717) is 12.0 Å². The molecule has 0 aromatic heterocycles. The zero-order chi connectivity index (χ0) is 17.9. The molecule has 2 fully saturated rings. The third-order valence-corrected chi connectivity index (χ3v) is 7.59. The van der Waals surface area contributed by atoms with Crippen LogP contribution in [0.2, 0.25) is 0 Å². The van der Waals surface area contributed by atoms with Gasteiger partial charge in [0.25, 0.3) is 5.91 Å². The van der Waals surface area contributed by atoms with Gasteiger partial charge in [-0.1, -0.05) is 31.4 Å². The van der Waals surface area contributed by atoms with Gasteiger partial charge in [0.1, 0.15) is 5.75 Å². The van der Waals surface area contributed by atoms with Gasteiger partial charge >= 0.3 is 0 Å². The van der Waals surface area contributed by atoms with E-state index in [0.717, 1.165) is 24.3 Å². The lowest BCUT2D eigenvalue weighted by Gasteiger charge is -2.57. The quantitative estimate of drug-likeness (QED) is 0.875. The molecule has 3 aliphatic carbocycles. The van der Waals surface area contributed by atoms with Crippen LogP contribution in [-0.2, 0) is 11.8 Å². The third-order valence-electron chi connectivity index (χ3n) is 7.59. The highest BCUT2D eigenvalue weighted by molar-refractivity contribution is 5.96. The first-order valence-electron chi connectivity index (χ1n) is 10.2. The predicted molar refractivity (Wildman–Crippen MR) is 101 cm³/mol. The maximum Gasteiger partial charge on any atom is 0.252 e. The minimum absolute atomic E-state index is 0.123. The summed E-state index contributed by atoms with van der Waals surface area (Å²) in [6.07, 6.45) is 14.4. The summed E-state index contributed by atoms with van der Waals surface area (Å²) in [6.45, 7) is 1.18. The average Bonchev–Trinajstić information content (AvgIpc) is 2.59. The maximum atomic E-state index is 11.8. The number of aromatic hydroxyl groups is 1. The lowest BCUT2D eigenvalue weighted by Crippen LogP contribution is -2.57. The van der Waals surface area contributed by atoms with Gasteiger partial charge in [-0.2, -0.15) is 0 Å². The molecular formula is C22H28N2O2. The zero-order valence-electron chi connectivity index (χ0n) is 15.3. The highest BCUT2D eigenvalue weighted by Crippen LogP contribution is 2.57. The van der Waals surface area contributed by atoms with Gasteiger partial charge in [-0.15, -0.1) is 0 Å². The van der Waals surface area contributed by atoms with Crippen LogP contribution in [0.5, 0.6) is 5.75 Å². The lowest BCUT2D eigenvalue weighted by atomic mass is 9.53. The number of nitrogens with two attached hydrogens (primary N) is 1. The highest BCUT2D eigenvalue weighted by Gasteiger charge is 2.53. The summed E-state index contributed by atoms with van der Waals surface area (Å²) < 4.78 is 0. The Morgan fingerprint density at radius 3 is 2.81 bits per heavy atom. The number of benzene rings is 1. The Kier molecular flexibility index (Phi) is 3.60. The van der Waals surface area contributed by atoms with Crippen molar-refractivity contribution in [2.75, 3.05) is 6.54 Å². The second kappa shape index (κ2) is 5.77. The molecule has 0 spiro atoms. The van der Waals surface area contributed by atoms with Crippen LogP contribution in [0.3, 0.4) is 0 Å². The average molecular weight is 352 g/mol. The number of allylic oxidation sites excluding steroid dienone is 1. The number of hydrogen-bond donors (Lipinski definition) is 2. The fraction of sp³-hybridized carbons (Fsp3) is 0.591. The van der Waals surface area contributed by atoms with E-state index in [4.69, 9.17) is 5.73 Å². The van der Waals surface area contributed by atoms with Crippen LogP contribution < -0.4 is 5.73 Å². The van der Waals surface area contributed by atoms with Crippen molar-refractivity contribution in [2.45, 2.75) is 62.8 Å². The number of amides is 1. The van der Waals surface area contributed by atoms with Crippen molar-refractivity contribution < 1.29 is 9.90 Å².